The molecule has 0 amide bonds. The lowest BCUT2D eigenvalue weighted by Crippen LogP contribution is -2.20. The standard InChI is InChI=1S/C9H19N/c1-4-6-8-10(3)9-7-5-2/h4H,1,5-9H2,2-3H3. The van der Waals surface area contributed by atoms with Gasteiger partial charge in [0.2, 0.25) is 0 Å². The lowest BCUT2D eigenvalue weighted by molar-refractivity contribution is 0.334. The van der Waals surface area contributed by atoms with E-state index >= 15 is 0 Å². The fourth-order valence-corrected chi connectivity index (χ4v) is 0.852. The fourth-order valence-electron chi connectivity index (χ4n) is 0.852. The van der Waals surface area contributed by atoms with Crippen molar-refractivity contribution in [1.82, 2.24) is 4.90 Å². The molecule has 0 heterocycles. The van der Waals surface area contributed by atoms with Crippen LogP contribution >= 0.6 is 0 Å². The molecule has 0 aliphatic rings. The summed E-state index contributed by atoms with van der Waals surface area (Å²) >= 11 is 0. The van der Waals surface area contributed by atoms with Gasteiger partial charge in [-0.1, -0.05) is 19.4 Å². The van der Waals surface area contributed by atoms with Gasteiger partial charge in [-0.3, -0.25) is 0 Å². The topological polar surface area (TPSA) is 3.24 Å². The van der Waals surface area contributed by atoms with Crippen LogP contribution in [0.4, 0.5) is 0 Å². The molecule has 0 fully saturated rings. The predicted octanol–water partition coefficient (Wildman–Crippen LogP) is 2.29. The summed E-state index contributed by atoms with van der Waals surface area (Å²) < 4.78 is 0. The van der Waals surface area contributed by atoms with Gasteiger partial charge in [0.25, 0.3) is 0 Å². The Morgan fingerprint density at radius 2 is 2.10 bits per heavy atom. The number of nitrogens with zero attached hydrogens (tertiary/aromatic N) is 1. The van der Waals surface area contributed by atoms with Crippen LogP contribution in [0.3, 0.4) is 0 Å². The van der Waals surface area contributed by atoms with Crippen LogP contribution in [-0.4, -0.2) is 25.0 Å². The van der Waals surface area contributed by atoms with Gasteiger partial charge in [0, 0.05) is 6.54 Å². The molecule has 0 atom stereocenters. The summed E-state index contributed by atoms with van der Waals surface area (Å²) in [5.74, 6) is 0. The summed E-state index contributed by atoms with van der Waals surface area (Å²) in [5, 5.41) is 0. The van der Waals surface area contributed by atoms with Crippen LogP contribution in [0.25, 0.3) is 0 Å². The minimum absolute atomic E-state index is 1.11. The van der Waals surface area contributed by atoms with E-state index in [1.165, 1.54) is 19.4 Å². The van der Waals surface area contributed by atoms with Crippen molar-refractivity contribution in [2.75, 3.05) is 20.1 Å². The third kappa shape index (κ3) is 5.83. The Morgan fingerprint density at radius 3 is 2.60 bits per heavy atom. The summed E-state index contributed by atoms with van der Waals surface area (Å²) in [6.45, 7) is 8.29. The maximum Gasteiger partial charge on any atom is 0.00128 e. The van der Waals surface area contributed by atoms with Crippen molar-refractivity contribution in [3.63, 3.8) is 0 Å². The number of unbranched alkanes of at least 4 members (excludes halogenated alkanes) is 1. The first-order valence-electron chi connectivity index (χ1n) is 4.10. The Morgan fingerprint density at radius 1 is 1.40 bits per heavy atom. The van der Waals surface area contributed by atoms with E-state index < -0.39 is 0 Å². The van der Waals surface area contributed by atoms with E-state index in [0.717, 1.165) is 13.0 Å². The maximum absolute atomic E-state index is 3.69. The zero-order valence-corrected chi connectivity index (χ0v) is 7.27. The molecule has 0 unspecified atom stereocenters. The average Bonchev–Trinajstić information content (AvgIpc) is 1.97. The van der Waals surface area contributed by atoms with Gasteiger partial charge >= 0.3 is 0 Å². The Bertz CT molecular complexity index is 78.8. The van der Waals surface area contributed by atoms with Crippen molar-refractivity contribution in [3.05, 3.63) is 12.7 Å². The Balaban J connectivity index is 3.07. The van der Waals surface area contributed by atoms with Gasteiger partial charge in [0.05, 0.1) is 0 Å². The Kier molecular flexibility index (Phi) is 6.61. The third-order valence-corrected chi connectivity index (χ3v) is 1.61. The van der Waals surface area contributed by atoms with Gasteiger partial charge in [0.1, 0.15) is 0 Å². The third-order valence-electron chi connectivity index (χ3n) is 1.61. The molecule has 0 spiro atoms. The molecule has 0 aromatic heterocycles. The van der Waals surface area contributed by atoms with Gasteiger partial charge in [-0.05, 0) is 26.4 Å². The summed E-state index contributed by atoms with van der Waals surface area (Å²) in [4.78, 5) is 2.35. The molecular weight excluding hydrogens is 122 g/mol. The van der Waals surface area contributed by atoms with Gasteiger partial charge in [-0.25, -0.2) is 0 Å². The molecule has 1 heteroatoms. The smallest absolute Gasteiger partial charge is 0.00128 e. The van der Waals surface area contributed by atoms with E-state index in [0.29, 0.717) is 0 Å². The number of hydrogen-bond donors (Lipinski definition) is 0. The summed E-state index contributed by atoms with van der Waals surface area (Å²) in [7, 11) is 2.17. The van der Waals surface area contributed by atoms with Crippen molar-refractivity contribution in [2.24, 2.45) is 0 Å². The van der Waals surface area contributed by atoms with Crippen molar-refractivity contribution in [2.45, 2.75) is 26.2 Å². The highest BCUT2D eigenvalue weighted by Gasteiger charge is 1.93. The quantitative estimate of drug-likeness (QED) is 0.513. The lowest BCUT2D eigenvalue weighted by Gasteiger charge is -2.13. The Hall–Kier alpha value is -0.300. The molecule has 0 aromatic rings. The lowest BCUT2D eigenvalue weighted by atomic mass is 10.3. The first-order chi connectivity index (χ1) is 4.81. The molecular formula is C9H19N. The largest absolute Gasteiger partial charge is 0.306 e. The highest BCUT2D eigenvalue weighted by Crippen LogP contribution is 1.92. The normalized spacial score (nSPS) is 10.3. The molecule has 0 radical (unpaired) electrons. The van der Waals surface area contributed by atoms with Crippen molar-refractivity contribution < 1.29 is 0 Å². The monoisotopic (exact) mass is 141 g/mol. The maximum atomic E-state index is 3.69. The molecule has 0 rings (SSSR count). The highest BCUT2D eigenvalue weighted by molar-refractivity contribution is 4.67. The van der Waals surface area contributed by atoms with Gasteiger partial charge in [0.15, 0.2) is 0 Å². The molecule has 0 aliphatic carbocycles. The number of rotatable bonds is 6. The summed E-state index contributed by atoms with van der Waals surface area (Å²) in [5.41, 5.74) is 0. The predicted molar refractivity (Wildman–Crippen MR) is 47.2 cm³/mol. The SMILES string of the molecule is C=CCCN(C)CCCC. The molecule has 10 heavy (non-hydrogen) atoms. The second kappa shape index (κ2) is 6.81. The minimum atomic E-state index is 1.11. The van der Waals surface area contributed by atoms with Crippen LogP contribution in [0.5, 0.6) is 0 Å². The van der Waals surface area contributed by atoms with E-state index in [1.54, 1.807) is 0 Å². The molecule has 0 N–H and O–H groups in total. The van der Waals surface area contributed by atoms with Crippen LogP contribution in [0, 0.1) is 0 Å². The van der Waals surface area contributed by atoms with Crippen molar-refractivity contribution in [1.29, 1.82) is 0 Å². The highest BCUT2D eigenvalue weighted by atomic mass is 15.1. The second-order valence-electron chi connectivity index (χ2n) is 2.73. The zero-order valence-electron chi connectivity index (χ0n) is 7.27. The van der Waals surface area contributed by atoms with E-state index in [9.17, 15) is 0 Å². The van der Waals surface area contributed by atoms with Gasteiger partial charge in [-0.2, -0.15) is 0 Å². The van der Waals surface area contributed by atoms with E-state index in [-0.39, 0.29) is 0 Å². The molecule has 0 aromatic carbocycles. The van der Waals surface area contributed by atoms with E-state index in [2.05, 4.69) is 25.5 Å². The van der Waals surface area contributed by atoms with Crippen LogP contribution in [0.1, 0.15) is 26.2 Å². The number of hydrogen-bond acceptors (Lipinski definition) is 1. The van der Waals surface area contributed by atoms with E-state index in [1.807, 2.05) is 6.08 Å². The molecule has 0 aliphatic heterocycles. The van der Waals surface area contributed by atoms with Gasteiger partial charge < -0.3 is 4.90 Å². The summed E-state index contributed by atoms with van der Waals surface area (Å²) in [6, 6.07) is 0. The molecule has 0 saturated carbocycles. The molecule has 60 valence electrons. The second-order valence-corrected chi connectivity index (χ2v) is 2.73. The van der Waals surface area contributed by atoms with Crippen LogP contribution in [0.2, 0.25) is 0 Å². The first-order valence-corrected chi connectivity index (χ1v) is 4.10. The minimum Gasteiger partial charge on any atom is -0.306 e. The molecule has 0 bridgehead atoms. The Labute approximate surface area is 64.7 Å². The molecule has 0 saturated heterocycles. The first kappa shape index (κ1) is 9.70. The van der Waals surface area contributed by atoms with Crippen LogP contribution in [0.15, 0.2) is 12.7 Å². The molecule has 1 nitrogen and oxygen atoms in total. The van der Waals surface area contributed by atoms with Crippen LogP contribution in [-0.2, 0) is 0 Å². The average molecular weight is 141 g/mol. The fraction of sp³-hybridized carbons (Fsp3) is 0.778. The zero-order chi connectivity index (χ0) is 7.82. The van der Waals surface area contributed by atoms with Crippen molar-refractivity contribution >= 4 is 0 Å². The van der Waals surface area contributed by atoms with Crippen molar-refractivity contribution in [3.8, 4) is 0 Å². The van der Waals surface area contributed by atoms with Crippen LogP contribution < -0.4 is 0 Å². The van der Waals surface area contributed by atoms with Gasteiger partial charge in [-0.15, -0.1) is 6.58 Å². The summed E-state index contributed by atoms with van der Waals surface area (Å²) in [6.07, 6.45) is 5.69. The van der Waals surface area contributed by atoms with E-state index in [4.69, 9.17) is 0 Å².